The maximum atomic E-state index is 12.7. The Bertz CT molecular complexity index is 1170. The predicted octanol–water partition coefficient (Wildman–Crippen LogP) is 4.34. The third-order valence-electron chi connectivity index (χ3n) is 4.41. The fourth-order valence-corrected chi connectivity index (χ4v) is 3.86. The highest BCUT2D eigenvalue weighted by Crippen LogP contribution is 2.28. The van der Waals surface area contributed by atoms with Crippen LogP contribution in [0.3, 0.4) is 0 Å². The number of benzene rings is 1. The van der Waals surface area contributed by atoms with Crippen molar-refractivity contribution in [1.29, 1.82) is 0 Å². The van der Waals surface area contributed by atoms with Gasteiger partial charge >= 0.3 is 0 Å². The number of nitrogens with one attached hydrogen (secondary N) is 1. The number of thiazole rings is 1. The first kappa shape index (κ1) is 17.4. The zero-order chi connectivity index (χ0) is 19.1. The summed E-state index contributed by atoms with van der Waals surface area (Å²) in [6.07, 6.45) is 1.54. The molecule has 1 N–H and O–H groups in total. The van der Waals surface area contributed by atoms with E-state index in [0.717, 1.165) is 28.2 Å². The molecule has 0 saturated heterocycles. The summed E-state index contributed by atoms with van der Waals surface area (Å²) < 4.78 is 1.67. The molecule has 0 atom stereocenters. The second-order valence-corrected chi connectivity index (χ2v) is 7.50. The molecule has 1 amide bonds. The lowest BCUT2D eigenvalue weighted by molar-refractivity contribution is 0.102. The van der Waals surface area contributed by atoms with Crippen molar-refractivity contribution in [2.75, 3.05) is 5.32 Å². The van der Waals surface area contributed by atoms with Crippen LogP contribution in [-0.4, -0.2) is 25.5 Å². The Balaban J connectivity index is 1.62. The van der Waals surface area contributed by atoms with E-state index in [4.69, 9.17) is 0 Å². The normalized spacial score (nSPS) is 11.1. The fourth-order valence-electron chi connectivity index (χ4n) is 3.15. The number of hydrogen-bond acceptors (Lipinski definition) is 5. The van der Waals surface area contributed by atoms with Crippen LogP contribution >= 0.6 is 11.3 Å². The van der Waals surface area contributed by atoms with Crippen molar-refractivity contribution in [3.05, 3.63) is 63.9 Å². The van der Waals surface area contributed by atoms with Gasteiger partial charge in [-0.25, -0.2) is 14.5 Å². The Morgan fingerprint density at radius 1 is 1.11 bits per heavy atom. The van der Waals surface area contributed by atoms with Gasteiger partial charge in [0, 0.05) is 22.3 Å². The average molecular weight is 377 g/mol. The molecular formula is C20H19N5OS. The summed E-state index contributed by atoms with van der Waals surface area (Å²) in [4.78, 5) is 21.8. The van der Waals surface area contributed by atoms with E-state index >= 15 is 0 Å². The first-order valence-corrected chi connectivity index (χ1v) is 9.47. The molecule has 0 aliphatic rings. The molecule has 0 fully saturated rings. The van der Waals surface area contributed by atoms with Crippen molar-refractivity contribution in [2.24, 2.45) is 0 Å². The smallest absolute Gasteiger partial charge is 0.262 e. The highest BCUT2D eigenvalue weighted by atomic mass is 32.1. The molecular weight excluding hydrogens is 358 g/mol. The lowest BCUT2D eigenvalue weighted by atomic mass is 10.0. The van der Waals surface area contributed by atoms with Gasteiger partial charge in [0.2, 0.25) is 0 Å². The molecule has 136 valence electrons. The van der Waals surface area contributed by atoms with Gasteiger partial charge in [-0.2, -0.15) is 5.10 Å². The average Bonchev–Trinajstić information content (AvgIpc) is 3.22. The number of amides is 1. The molecule has 4 aromatic rings. The molecule has 0 unspecified atom stereocenters. The Morgan fingerprint density at radius 2 is 1.93 bits per heavy atom. The van der Waals surface area contributed by atoms with Crippen LogP contribution in [0.1, 0.15) is 32.9 Å². The summed E-state index contributed by atoms with van der Waals surface area (Å²) in [5, 5.41) is 9.65. The number of carbonyl (C=O) groups is 1. The summed E-state index contributed by atoms with van der Waals surface area (Å²) in [5.41, 5.74) is 7.07. The third kappa shape index (κ3) is 3.21. The van der Waals surface area contributed by atoms with E-state index in [2.05, 4.69) is 52.4 Å². The zero-order valence-electron chi connectivity index (χ0n) is 15.6. The van der Waals surface area contributed by atoms with Crippen LogP contribution in [-0.2, 0) is 0 Å². The van der Waals surface area contributed by atoms with Crippen molar-refractivity contribution < 1.29 is 4.79 Å². The van der Waals surface area contributed by atoms with Crippen LogP contribution in [0.4, 0.5) is 5.13 Å². The summed E-state index contributed by atoms with van der Waals surface area (Å²) in [7, 11) is 0. The van der Waals surface area contributed by atoms with Gasteiger partial charge in [-0.1, -0.05) is 23.8 Å². The molecule has 4 rings (SSSR count). The highest BCUT2D eigenvalue weighted by molar-refractivity contribution is 7.14. The van der Waals surface area contributed by atoms with Gasteiger partial charge in [0.25, 0.3) is 5.91 Å². The number of hydrogen-bond donors (Lipinski definition) is 1. The number of fused-ring (bicyclic) bond motifs is 1. The molecule has 6 nitrogen and oxygen atoms in total. The highest BCUT2D eigenvalue weighted by Gasteiger charge is 2.17. The molecule has 3 heterocycles. The Labute approximate surface area is 160 Å². The largest absolute Gasteiger partial charge is 0.298 e. The van der Waals surface area contributed by atoms with Crippen molar-refractivity contribution in [2.45, 2.75) is 27.7 Å². The lowest BCUT2D eigenvalue weighted by Gasteiger charge is -2.04. The standard InChI is InChI=1S/C20H19N5OS/c1-11-5-6-15(12(2)7-11)17-10-27-20(23-17)24-19(26)16-9-21-25-14(4)8-13(3)22-18(16)25/h5-10H,1-4H3,(H,23,24,26). The van der Waals surface area contributed by atoms with Crippen LogP contribution in [0.15, 0.2) is 35.8 Å². The number of rotatable bonds is 3. The molecule has 3 aromatic heterocycles. The number of anilines is 1. The van der Waals surface area contributed by atoms with E-state index in [0.29, 0.717) is 16.3 Å². The van der Waals surface area contributed by atoms with Crippen molar-refractivity contribution in [3.8, 4) is 11.3 Å². The quantitative estimate of drug-likeness (QED) is 0.576. The summed E-state index contributed by atoms with van der Waals surface area (Å²) in [6.45, 7) is 7.97. The monoisotopic (exact) mass is 377 g/mol. The summed E-state index contributed by atoms with van der Waals surface area (Å²) in [6, 6.07) is 8.18. The molecule has 7 heteroatoms. The maximum Gasteiger partial charge on any atom is 0.262 e. The first-order valence-electron chi connectivity index (χ1n) is 8.59. The molecule has 0 bridgehead atoms. The summed E-state index contributed by atoms with van der Waals surface area (Å²) in [5.74, 6) is -0.260. The van der Waals surface area contributed by atoms with Crippen molar-refractivity contribution in [1.82, 2.24) is 19.6 Å². The van der Waals surface area contributed by atoms with Crippen LogP contribution in [0.2, 0.25) is 0 Å². The Kier molecular flexibility index (Phi) is 4.24. The van der Waals surface area contributed by atoms with Crippen molar-refractivity contribution >= 4 is 28.0 Å². The van der Waals surface area contributed by atoms with Gasteiger partial charge in [-0.05, 0) is 39.3 Å². The van der Waals surface area contributed by atoms with Gasteiger partial charge in [0.15, 0.2) is 10.8 Å². The molecule has 0 radical (unpaired) electrons. The molecule has 1 aromatic carbocycles. The second kappa shape index (κ2) is 6.59. The number of carbonyl (C=O) groups excluding carboxylic acids is 1. The van der Waals surface area contributed by atoms with E-state index < -0.39 is 0 Å². The maximum absolute atomic E-state index is 12.7. The minimum atomic E-state index is -0.260. The van der Waals surface area contributed by atoms with E-state index in [-0.39, 0.29) is 5.91 Å². The predicted molar refractivity (Wildman–Crippen MR) is 107 cm³/mol. The zero-order valence-corrected chi connectivity index (χ0v) is 16.4. The van der Waals surface area contributed by atoms with Crippen LogP contribution in [0, 0.1) is 27.7 Å². The second-order valence-electron chi connectivity index (χ2n) is 6.64. The summed E-state index contributed by atoms with van der Waals surface area (Å²) >= 11 is 1.40. The number of nitrogens with zero attached hydrogens (tertiary/aromatic N) is 4. The van der Waals surface area contributed by atoms with Gasteiger partial charge in [0.1, 0.15) is 5.56 Å². The SMILES string of the molecule is Cc1ccc(-c2csc(NC(=O)c3cnn4c(C)cc(C)nc34)n2)c(C)c1. The van der Waals surface area contributed by atoms with E-state index in [1.807, 2.05) is 25.3 Å². The lowest BCUT2D eigenvalue weighted by Crippen LogP contribution is -2.12. The number of aromatic nitrogens is 4. The topological polar surface area (TPSA) is 72.2 Å². The van der Waals surface area contributed by atoms with E-state index in [9.17, 15) is 4.79 Å². The van der Waals surface area contributed by atoms with Gasteiger partial charge in [-0.15, -0.1) is 11.3 Å². The van der Waals surface area contributed by atoms with Crippen LogP contribution in [0.25, 0.3) is 16.9 Å². The molecule has 0 aliphatic heterocycles. The molecule has 0 saturated carbocycles. The first-order chi connectivity index (χ1) is 12.9. The van der Waals surface area contributed by atoms with Gasteiger partial charge in [0.05, 0.1) is 11.9 Å². The molecule has 0 aliphatic carbocycles. The van der Waals surface area contributed by atoms with Crippen LogP contribution in [0.5, 0.6) is 0 Å². The van der Waals surface area contributed by atoms with E-state index in [1.165, 1.54) is 16.9 Å². The van der Waals surface area contributed by atoms with Gasteiger partial charge in [-0.3, -0.25) is 10.1 Å². The number of aryl methyl sites for hydroxylation is 4. The Morgan fingerprint density at radius 3 is 2.70 bits per heavy atom. The third-order valence-corrected chi connectivity index (χ3v) is 5.16. The molecule has 0 spiro atoms. The van der Waals surface area contributed by atoms with Crippen LogP contribution < -0.4 is 5.32 Å². The Hall–Kier alpha value is -3.06. The minimum Gasteiger partial charge on any atom is -0.298 e. The van der Waals surface area contributed by atoms with E-state index in [1.54, 1.807) is 10.7 Å². The fraction of sp³-hybridized carbons (Fsp3) is 0.200. The van der Waals surface area contributed by atoms with Gasteiger partial charge < -0.3 is 0 Å². The molecule has 27 heavy (non-hydrogen) atoms. The minimum absolute atomic E-state index is 0.260. The van der Waals surface area contributed by atoms with Crippen molar-refractivity contribution in [3.63, 3.8) is 0 Å².